The molecule has 5 nitrogen and oxygen atoms in total. The van der Waals surface area contributed by atoms with Crippen LogP contribution in [0.2, 0.25) is 0 Å². The van der Waals surface area contributed by atoms with Crippen LogP contribution in [-0.4, -0.2) is 29.0 Å². The molecule has 0 spiro atoms. The molecule has 2 aromatic rings. The maximum atomic E-state index is 11.9. The lowest BCUT2D eigenvalue weighted by molar-refractivity contribution is -0.122. The van der Waals surface area contributed by atoms with E-state index in [1.807, 2.05) is 41.1 Å². The van der Waals surface area contributed by atoms with E-state index < -0.39 is 0 Å². The van der Waals surface area contributed by atoms with E-state index in [-0.39, 0.29) is 24.4 Å². The fraction of sp³-hybridized carbons (Fsp3) is 0.286. The van der Waals surface area contributed by atoms with Crippen LogP contribution in [0.25, 0.3) is 10.9 Å². The molecule has 19 heavy (non-hydrogen) atoms. The molecule has 3 rings (SSSR count). The van der Waals surface area contributed by atoms with Crippen LogP contribution in [0.4, 0.5) is 0 Å². The zero-order valence-electron chi connectivity index (χ0n) is 10.4. The molecule has 5 heteroatoms. The Kier molecular flexibility index (Phi) is 2.95. The van der Waals surface area contributed by atoms with Crippen molar-refractivity contribution in [3.05, 3.63) is 36.5 Å². The number of para-hydroxylation sites is 1. The summed E-state index contributed by atoms with van der Waals surface area (Å²) in [5, 5.41) is 6.69. The molecule has 0 aliphatic carbocycles. The monoisotopic (exact) mass is 257 g/mol. The van der Waals surface area contributed by atoms with Crippen LogP contribution in [0.15, 0.2) is 36.5 Å². The van der Waals surface area contributed by atoms with Crippen molar-refractivity contribution in [3.63, 3.8) is 0 Å². The first-order chi connectivity index (χ1) is 9.22. The van der Waals surface area contributed by atoms with E-state index in [2.05, 4.69) is 10.6 Å². The topological polar surface area (TPSA) is 63.1 Å². The Morgan fingerprint density at radius 1 is 1.37 bits per heavy atom. The molecule has 0 saturated carbocycles. The second kappa shape index (κ2) is 4.76. The molecule has 1 aromatic carbocycles. The summed E-state index contributed by atoms with van der Waals surface area (Å²) in [6.07, 6.45) is 2.28. The third kappa shape index (κ3) is 2.45. The van der Waals surface area contributed by atoms with Gasteiger partial charge in [-0.1, -0.05) is 18.2 Å². The molecule has 98 valence electrons. The van der Waals surface area contributed by atoms with Gasteiger partial charge in [0.15, 0.2) is 0 Å². The number of nitrogens with one attached hydrogen (secondary N) is 2. The summed E-state index contributed by atoms with van der Waals surface area (Å²) in [5.41, 5.74) is 1.04. The van der Waals surface area contributed by atoms with E-state index >= 15 is 0 Å². The summed E-state index contributed by atoms with van der Waals surface area (Å²) < 4.78 is 1.91. The smallest absolute Gasteiger partial charge is 0.240 e. The summed E-state index contributed by atoms with van der Waals surface area (Å²) in [6.45, 7) is 0.801. The van der Waals surface area contributed by atoms with Crippen molar-refractivity contribution >= 4 is 22.7 Å². The zero-order chi connectivity index (χ0) is 13.2. The second-order valence-electron chi connectivity index (χ2n) is 4.78. The summed E-state index contributed by atoms with van der Waals surface area (Å²) in [4.78, 5) is 23.0. The van der Waals surface area contributed by atoms with E-state index in [1.165, 1.54) is 0 Å². The van der Waals surface area contributed by atoms with Crippen molar-refractivity contribution < 1.29 is 9.59 Å². The first kappa shape index (κ1) is 11.8. The molecule has 1 fully saturated rings. The Labute approximate surface area is 110 Å². The maximum absolute atomic E-state index is 11.9. The number of nitrogens with zero attached hydrogens (tertiary/aromatic N) is 1. The molecule has 2 heterocycles. The van der Waals surface area contributed by atoms with Crippen molar-refractivity contribution in [3.8, 4) is 0 Å². The molecule has 1 atom stereocenters. The highest BCUT2D eigenvalue weighted by molar-refractivity contribution is 5.84. The quantitative estimate of drug-likeness (QED) is 0.848. The van der Waals surface area contributed by atoms with Crippen LogP contribution >= 0.6 is 0 Å². The summed E-state index contributed by atoms with van der Waals surface area (Å²) >= 11 is 0. The number of amides is 2. The fourth-order valence-corrected chi connectivity index (χ4v) is 2.41. The highest BCUT2D eigenvalue weighted by Crippen LogP contribution is 2.14. The highest BCUT2D eigenvalue weighted by Gasteiger charge is 2.22. The number of hydrogen-bond donors (Lipinski definition) is 2. The van der Waals surface area contributed by atoms with Crippen LogP contribution in [0, 0.1) is 0 Å². The molecule has 1 saturated heterocycles. The molecule has 0 bridgehead atoms. The van der Waals surface area contributed by atoms with Crippen LogP contribution in [0.3, 0.4) is 0 Å². The number of aromatic nitrogens is 1. The average Bonchev–Trinajstić information content (AvgIpc) is 2.97. The van der Waals surface area contributed by atoms with Gasteiger partial charge in [0, 0.05) is 24.7 Å². The molecule has 0 radical (unpaired) electrons. The Morgan fingerprint density at radius 2 is 2.21 bits per heavy atom. The highest BCUT2D eigenvalue weighted by atomic mass is 16.2. The Bertz CT molecular complexity index is 632. The summed E-state index contributed by atoms with van der Waals surface area (Å²) in [7, 11) is 0. The Hall–Kier alpha value is -2.30. The van der Waals surface area contributed by atoms with Gasteiger partial charge in [0.1, 0.15) is 6.54 Å². The van der Waals surface area contributed by atoms with E-state index in [9.17, 15) is 9.59 Å². The molecule has 1 aliphatic rings. The standard InChI is InChI=1S/C14H15N3O2/c18-13-7-11(8-15-13)16-14(19)9-17-6-5-10-3-1-2-4-12(10)17/h1-6,11H,7-9H2,(H,15,18)(H,16,19)/t11-/m1/s1. The van der Waals surface area contributed by atoms with Gasteiger partial charge in [-0.2, -0.15) is 0 Å². The lowest BCUT2D eigenvalue weighted by Gasteiger charge is -2.11. The number of fused-ring (bicyclic) bond motifs is 1. The normalized spacial score (nSPS) is 18.5. The predicted octanol–water partition coefficient (Wildman–Crippen LogP) is 0.646. The van der Waals surface area contributed by atoms with Crippen molar-refractivity contribution in [1.29, 1.82) is 0 Å². The molecule has 1 aliphatic heterocycles. The third-order valence-electron chi connectivity index (χ3n) is 3.34. The largest absolute Gasteiger partial charge is 0.354 e. The van der Waals surface area contributed by atoms with Gasteiger partial charge in [0.2, 0.25) is 11.8 Å². The molecular formula is C14H15N3O2. The summed E-state index contributed by atoms with van der Waals surface area (Å²) in [5.74, 6) is -0.0698. The minimum atomic E-state index is -0.0816. The molecule has 0 unspecified atom stereocenters. The molecule has 2 amide bonds. The number of benzene rings is 1. The second-order valence-corrected chi connectivity index (χ2v) is 4.78. The van der Waals surface area contributed by atoms with Gasteiger partial charge < -0.3 is 15.2 Å². The van der Waals surface area contributed by atoms with E-state index in [4.69, 9.17) is 0 Å². The van der Waals surface area contributed by atoms with E-state index in [0.29, 0.717) is 13.0 Å². The van der Waals surface area contributed by atoms with Gasteiger partial charge in [0.25, 0.3) is 0 Å². The maximum Gasteiger partial charge on any atom is 0.240 e. The first-order valence-corrected chi connectivity index (χ1v) is 6.32. The SMILES string of the molecule is O=C1C[C@@H](NC(=O)Cn2ccc3ccccc32)CN1. The van der Waals surface area contributed by atoms with Crippen LogP contribution in [0.5, 0.6) is 0 Å². The van der Waals surface area contributed by atoms with Gasteiger partial charge >= 0.3 is 0 Å². The minimum absolute atomic E-state index is 0.00304. The molecule has 1 aromatic heterocycles. The average molecular weight is 257 g/mol. The Morgan fingerprint density at radius 3 is 3.00 bits per heavy atom. The van der Waals surface area contributed by atoms with Gasteiger partial charge in [-0.05, 0) is 17.5 Å². The van der Waals surface area contributed by atoms with Crippen molar-refractivity contribution in [2.45, 2.75) is 19.0 Å². The Balaban J connectivity index is 1.67. The third-order valence-corrected chi connectivity index (χ3v) is 3.34. The van der Waals surface area contributed by atoms with Crippen molar-refractivity contribution in [1.82, 2.24) is 15.2 Å². The van der Waals surface area contributed by atoms with Crippen molar-refractivity contribution in [2.75, 3.05) is 6.54 Å². The van der Waals surface area contributed by atoms with E-state index in [1.54, 1.807) is 0 Å². The van der Waals surface area contributed by atoms with Gasteiger partial charge in [-0.25, -0.2) is 0 Å². The molecule has 2 N–H and O–H groups in total. The zero-order valence-corrected chi connectivity index (χ0v) is 10.4. The first-order valence-electron chi connectivity index (χ1n) is 6.32. The van der Waals surface area contributed by atoms with E-state index in [0.717, 1.165) is 10.9 Å². The van der Waals surface area contributed by atoms with Crippen LogP contribution in [0.1, 0.15) is 6.42 Å². The number of carbonyl (C=O) groups excluding carboxylic acids is 2. The number of hydrogen-bond acceptors (Lipinski definition) is 2. The number of rotatable bonds is 3. The fourth-order valence-electron chi connectivity index (χ4n) is 2.41. The minimum Gasteiger partial charge on any atom is -0.354 e. The van der Waals surface area contributed by atoms with Gasteiger partial charge in [0.05, 0.1) is 6.04 Å². The lowest BCUT2D eigenvalue weighted by atomic mass is 10.2. The number of carbonyl (C=O) groups is 2. The lowest BCUT2D eigenvalue weighted by Crippen LogP contribution is -2.38. The predicted molar refractivity (Wildman–Crippen MR) is 71.5 cm³/mol. The summed E-state index contributed by atoms with van der Waals surface area (Å²) in [6, 6.07) is 9.84. The van der Waals surface area contributed by atoms with Gasteiger partial charge in [-0.15, -0.1) is 0 Å². The van der Waals surface area contributed by atoms with Crippen LogP contribution < -0.4 is 10.6 Å². The molecular weight excluding hydrogens is 242 g/mol. The van der Waals surface area contributed by atoms with Crippen LogP contribution in [-0.2, 0) is 16.1 Å². The van der Waals surface area contributed by atoms with Gasteiger partial charge in [-0.3, -0.25) is 9.59 Å². The van der Waals surface area contributed by atoms with Crippen molar-refractivity contribution in [2.24, 2.45) is 0 Å².